The van der Waals surface area contributed by atoms with Crippen LogP contribution in [-0.2, 0) is 23.7 Å². The van der Waals surface area contributed by atoms with E-state index in [0.717, 1.165) is 0 Å². The van der Waals surface area contributed by atoms with E-state index in [0.29, 0.717) is 19.8 Å². The summed E-state index contributed by atoms with van der Waals surface area (Å²) in [6.45, 7) is 2.50. The van der Waals surface area contributed by atoms with Crippen LogP contribution in [0.1, 0.15) is 6.92 Å². The number of ether oxygens (including phenoxy) is 4. The van der Waals surface area contributed by atoms with Crippen molar-refractivity contribution in [1.82, 2.24) is 0 Å². The van der Waals surface area contributed by atoms with Gasteiger partial charge < -0.3 is 24.1 Å². The van der Waals surface area contributed by atoms with Crippen LogP contribution >= 0.6 is 0 Å². The lowest BCUT2D eigenvalue weighted by molar-refractivity contribution is -0.182. The van der Waals surface area contributed by atoms with Crippen molar-refractivity contribution in [1.29, 1.82) is 0 Å². The molecule has 1 N–H and O–H groups in total. The molecule has 0 aliphatic heterocycles. The van der Waals surface area contributed by atoms with E-state index in [2.05, 4.69) is 0 Å². The molecule has 0 saturated heterocycles. The standard InChI is InChI=1S/C9H18O6/c1-8(11)15-9(12-2)7-14-6-5-13-4-3-10/h9-10H,3-7H2,1-2H3. The van der Waals surface area contributed by atoms with Gasteiger partial charge in [0.05, 0.1) is 26.4 Å². The molecular weight excluding hydrogens is 204 g/mol. The molecule has 1 atom stereocenters. The van der Waals surface area contributed by atoms with Crippen LogP contribution in [0, 0.1) is 0 Å². The van der Waals surface area contributed by atoms with E-state index >= 15 is 0 Å². The third-order valence-electron chi connectivity index (χ3n) is 1.42. The average molecular weight is 222 g/mol. The van der Waals surface area contributed by atoms with Gasteiger partial charge in [0.1, 0.15) is 6.61 Å². The summed E-state index contributed by atoms with van der Waals surface area (Å²) in [6.07, 6.45) is -0.680. The Morgan fingerprint density at radius 1 is 1.27 bits per heavy atom. The lowest BCUT2D eigenvalue weighted by Crippen LogP contribution is -2.25. The van der Waals surface area contributed by atoms with Gasteiger partial charge in [-0.2, -0.15) is 0 Å². The van der Waals surface area contributed by atoms with Gasteiger partial charge in [0.15, 0.2) is 0 Å². The first-order valence-electron chi connectivity index (χ1n) is 4.67. The Morgan fingerprint density at radius 2 is 1.93 bits per heavy atom. The maximum atomic E-state index is 10.6. The Bertz CT molecular complexity index is 161. The molecule has 0 amide bonds. The maximum absolute atomic E-state index is 10.6. The molecule has 0 aromatic rings. The van der Waals surface area contributed by atoms with E-state index in [1.807, 2.05) is 0 Å². The van der Waals surface area contributed by atoms with Crippen molar-refractivity contribution in [2.24, 2.45) is 0 Å². The van der Waals surface area contributed by atoms with Crippen molar-refractivity contribution in [3.05, 3.63) is 0 Å². The molecule has 1 unspecified atom stereocenters. The molecule has 0 radical (unpaired) electrons. The summed E-state index contributed by atoms with van der Waals surface area (Å²) < 4.78 is 19.7. The highest BCUT2D eigenvalue weighted by Crippen LogP contribution is 1.95. The monoisotopic (exact) mass is 222 g/mol. The Hall–Kier alpha value is -0.690. The molecule has 0 aliphatic rings. The van der Waals surface area contributed by atoms with Gasteiger partial charge >= 0.3 is 5.97 Å². The van der Waals surface area contributed by atoms with Crippen molar-refractivity contribution in [3.63, 3.8) is 0 Å². The Morgan fingerprint density at radius 3 is 2.47 bits per heavy atom. The smallest absolute Gasteiger partial charge is 0.305 e. The SMILES string of the molecule is COC(COCCOCCO)OC(C)=O. The quantitative estimate of drug-likeness (QED) is 0.323. The maximum Gasteiger partial charge on any atom is 0.305 e. The first kappa shape index (κ1) is 14.3. The molecule has 15 heavy (non-hydrogen) atoms. The van der Waals surface area contributed by atoms with E-state index in [-0.39, 0.29) is 13.2 Å². The van der Waals surface area contributed by atoms with E-state index in [9.17, 15) is 4.79 Å². The molecule has 0 rings (SSSR count). The first-order chi connectivity index (χ1) is 7.20. The van der Waals surface area contributed by atoms with E-state index < -0.39 is 12.3 Å². The van der Waals surface area contributed by atoms with Crippen molar-refractivity contribution in [3.8, 4) is 0 Å². The molecule has 6 heteroatoms. The van der Waals surface area contributed by atoms with Crippen LogP contribution in [0.4, 0.5) is 0 Å². The van der Waals surface area contributed by atoms with Crippen molar-refractivity contribution < 1.29 is 28.8 Å². The van der Waals surface area contributed by atoms with Gasteiger partial charge in [-0.15, -0.1) is 0 Å². The molecule has 0 aliphatic carbocycles. The van der Waals surface area contributed by atoms with E-state index in [1.165, 1.54) is 14.0 Å². The predicted octanol–water partition coefficient (Wildman–Crippen LogP) is -0.452. The van der Waals surface area contributed by atoms with Crippen LogP contribution in [0.2, 0.25) is 0 Å². The van der Waals surface area contributed by atoms with Crippen LogP contribution in [0.5, 0.6) is 0 Å². The molecule has 0 aromatic carbocycles. The number of hydrogen-bond donors (Lipinski definition) is 1. The zero-order valence-corrected chi connectivity index (χ0v) is 9.10. The van der Waals surface area contributed by atoms with Crippen molar-refractivity contribution >= 4 is 5.97 Å². The lowest BCUT2D eigenvalue weighted by Gasteiger charge is -2.14. The normalized spacial score (nSPS) is 12.5. The number of aliphatic hydroxyl groups is 1. The minimum absolute atomic E-state index is 0.00581. The highest BCUT2D eigenvalue weighted by Gasteiger charge is 2.09. The summed E-state index contributed by atoms with van der Waals surface area (Å²) in [6, 6.07) is 0. The van der Waals surface area contributed by atoms with Crippen LogP contribution in [-0.4, -0.2) is 57.5 Å². The number of carbonyl (C=O) groups excluding carboxylic acids is 1. The van der Waals surface area contributed by atoms with Gasteiger partial charge in [0.2, 0.25) is 6.29 Å². The minimum Gasteiger partial charge on any atom is -0.433 e. The summed E-state index contributed by atoms with van der Waals surface area (Å²) in [5.74, 6) is -0.415. The summed E-state index contributed by atoms with van der Waals surface area (Å²) in [7, 11) is 1.43. The van der Waals surface area contributed by atoms with Crippen LogP contribution in [0.3, 0.4) is 0 Å². The summed E-state index contributed by atoms with van der Waals surface area (Å²) >= 11 is 0. The number of methoxy groups -OCH3 is 1. The second-order valence-electron chi connectivity index (χ2n) is 2.69. The number of aliphatic hydroxyl groups excluding tert-OH is 1. The predicted molar refractivity (Wildman–Crippen MR) is 51.3 cm³/mol. The van der Waals surface area contributed by atoms with Crippen LogP contribution in [0.15, 0.2) is 0 Å². The van der Waals surface area contributed by atoms with Gasteiger partial charge in [0, 0.05) is 14.0 Å². The summed E-state index contributed by atoms with van der Waals surface area (Å²) in [4.78, 5) is 10.6. The highest BCUT2D eigenvalue weighted by molar-refractivity contribution is 5.66. The summed E-state index contributed by atoms with van der Waals surface area (Å²) in [5, 5.41) is 8.40. The molecule has 0 heterocycles. The van der Waals surface area contributed by atoms with Gasteiger partial charge in [-0.25, -0.2) is 0 Å². The number of rotatable bonds is 9. The topological polar surface area (TPSA) is 74.2 Å². The molecular formula is C9H18O6. The molecule has 90 valence electrons. The largest absolute Gasteiger partial charge is 0.433 e. The first-order valence-corrected chi connectivity index (χ1v) is 4.67. The van der Waals surface area contributed by atoms with Gasteiger partial charge in [-0.1, -0.05) is 0 Å². The third kappa shape index (κ3) is 9.61. The van der Waals surface area contributed by atoms with E-state index in [4.69, 9.17) is 24.1 Å². The second kappa shape index (κ2) is 9.85. The zero-order valence-electron chi connectivity index (χ0n) is 9.10. The third-order valence-corrected chi connectivity index (χ3v) is 1.42. The lowest BCUT2D eigenvalue weighted by atomic mass is 10.6. The fourth-order valence-electron chi connectivity index (χ4n) is 0.799. The number of esters is 1. The molecule has 0 aromatic heterocycles. The Kier molecular flexibility index (Phi) is 9.40. The summed E-state index contributed by atoms with van der Waals surface area (Å²) in [5.41, 5.74) is 0. The van der Waals surface area contributed by atoms with Crippen LogP contribution < -0.4 is 0 Å². The van der Waals surface area contributed by atoms with Crippen molar-refractivity contribution in [2.75, 3.05) is 40.1 Å². The Balaban J connectivity index is 3.34. The second-order valence-corrected chi connectivity index (χ2v) is 2.69. The van der Waals surface area contributed by atoms with Gasteiger partial charge in [-0.05, 0) is 0 Å². The molecule has 0 spiro atoms. The Labute approximate surface area is 89.1 Å². The fraction of sp³-hybridized carbons (Fsp3) is 0.889. The van der Waals surface area contributed by atoms with Crippen molar-refractivity contribution in [2.45, 2.75) is 13.2 Å². The fourth-order valence-corrected chi connectivity index (χ4v) is 0.799. The number of hydrogen-bond acceptors (Lipinski definition) is 6. The number of carbonyl (C=O) groups is 1. The van der Waals surface area contributed by atoms with Gasteiger partial charge in [0.25, 0.3) is 0 Å². The van der Waals surface area contributed by atoms with Crippen LogP contribution in [0.25, 0.3) is 0 Å². The van der Waals surface area contributed by atoms with Gasteiger partial charge in [-0.3, -0.25) is 4.79 Å². The molecule has 0 saturated carbocycles. The molecule has 0 fully saturated rings. The minimum atomic E-state index is -0.680. The molecule has 6 nitrogen and oxygen atoms in total. The highest BCUT2D eigenvalue weighted by atomic mass is 16.7. The van der Waals surface area contributed by atoms with E-state index in [1.54, 1.807) is 0 Å². The zero-order chi connectivity index (χ0) is 11.5. The average Bonchev–Trinajstić information content (AvgIpc) is 2.20. The molecule has 0 bridgehead atoms.